The molecule has 0 unspecified atom stereocenters. The lowest BCUT2D eigenvalue weighted by Gasteiger charge is -2.02. The molecular formula is C16H15ClN6. The molecule has 0 aliphatic carbocycles. The summed E-state index contributed by atoms with van der Waals surface area (Å²) in [5.41, 5.74) is 7.65. The second-order valence-corrected chi connectivity index (χ2v) is 4.89. The maximum atomic E-state index is 8.84. The average Bonchev–Trinajstić information content (AvgIpc) is 2.58. The zero-order valence-electron chi connectivity index (χ0n) is 12.3. The molecule has 0 saturated carbocycles. The van der Waals surface area contributed by atoms with Crippen molar-refractivity contribution in [3.63, 3.8) is 0 Å². The summed E-state index contributed by atoms with van der Waals surface area (Å²) >= 11 is 5.98. The molecule has 3 N–H and O–H groups in total. The Hall–Kier alpha value is -2.91. The number of nitrogens with one attached hydrogen (secondary N) is 1. The van der Waals surface area contributed by atoms with Crippen molar-refractivity contribution < 1.29 is 0 Å². The smallest absolute Gasteiger partial charge is 0.222 e. The molecule has 1 heterocycles. The highest BCUT2D eigenvalue weighted by Crippen LogP contribution is 2.19. The van der Waals surface area contributed by atoms with Gasteiger partial charge >= 0.3 is 0 Å². The quantitative estimate of drug-likeness (QED) is 0.627. The van der Waals surface area contributed by atoms with Gasteiger partial charge in [0.1, 0.15) is 6.07 Å². The van der Waals surface area contributed by atoms with E-state index in [9.17, 15) is 0 Å². The Morgan fingerprint density at radius 3 is 2.87 bits per heavy atom. The van der Waals surface area contributed by atoms with Crippen molar-refractivity contribution in [2.45, 2.75) is 0 Å². The standard InChI is InChI=1S/C16H15ClN6/c17-14-10-12(2-3-13(14)11-18)15(19)4-7-20-8-9-23-16-21-5-1-6-22-16/h1-7,10H,8-9,19H2,(H,21,22,23). The molecular weight excluding hydrogens is 312 g/mol. The Morgan fingerprint density at radius 1 is 1.39 bits per heavy atom. The van der Waals surface area contributed by atoms with Crippen molar-refractivity contribution in [1.29, 1.82) is 5.26 Å². The van der Waals surface area contributed by atoms with Crippen LogP contribution in [0.2, 0.25) is 5.02 Å². The highest BCUT2D eigenvalue weighted by atomic mass is 35.5. The summed E-state index contributed by atoms with van der Waals surface area (Å²) in [6.07, 6.45) is 6.67. The Morgan fingerprint density at radius 2 is 2.17 bits per heavy atom. The second-order valence-electron chi connectivity index (χ2n) is 4.48. The van der Waals surface area contributed by atoms with Crippen LogP contribution in [0.15, 0.2) is 47.7 Å². The lowest BCUT2D eigenvalue weighted by molar-refractivity contribution is 0.993. The van der Waals surface area contributed by atoms with Gasteiger partial charge in [-0.1, -0.05) is 17.7 Å². The van der Waals surface area contributed by atoms with Crippen molar-refractivity contribution in [2.24, 2.45) is 10.7 Å². The number of halogens is 1. The summed E-state index contributed by atoms with van der Waals surface area (Å²) in [5.74, 6) is 0.574. The maximum Gasteiger partial charge on any atom is 0.222 e. The van der Waals surface area contributed by atoms with Crippen molar-refractivity contribution in [1.82, 2.24) is 9.97 Å². The average molecular weight is 327 g/mol. The van der Waals surface area contributed by atoms with Crippen LogP contribution in [-0.4, -0.2) is 29.3 Å². The van der Waals surface area contributed by atoms with Crippen LogP contribution in [0.5, 0.6) is 0 Å². The minimum Gasteiger partial charge on any atom is -0.398 e. The maximum absolute atomic E-state index is 8.84. The molecule has 23 heavy (non-hydrogen) atoms. The van der Waals surface area contributed by atoms with Crippen LogP contribution in [0.1, 0.15) is 11.1 Å². The normalized spacial score (nSPS) is 11.4. The first-order valence-electron chi connectivity index (χ1n) is 6.87. The van der Waals surface area contributed by atoms with E-state index in [2.05, 4.69) is 20.3 Å². The lowest BCUT2D eigenvalue weighted by Crippen LogP contribution is -2.07. The number of nitrogens with zero attached hydrogens (tertiary/aromatic N) is 4. The summed E-state index contributed by atoms with van der Waals surface area (Å²) in [6, 6.07) is 8.81. The molecule has 0 bridgehead atoms. The summed E-state index contributed by atoms with van der Waals surface area (Å²) < 4.78 is 0. The highest BCUT2D eigenvalue weighted by Gasteiger charge is 2.02. The van der Waals surface area contributed by atoms with Gasteiger partial charge in [0.05, 0.1) is 17.1 Å². The first-order valence-corrected chi connectivity index (χ1v) is 7.25. The zero-order chi connectivity index (χ0) is 16.5. The molecule has 0 aliphatic rings. The van der Waals surface area contributed by atoms with E-state index in [1.54, 1.807) is 48.9 Å². The molecule has 2 aromatic rings. The topological polar surface area (TPSA) is 100.0 Å². The summed E-state index contributed by atoms with van der Waals surface area (Å²) in [7, 11) is 0. The van der Waals surface area contributed by atoms with Crippen LogP contribution in [0.25, 0.3) is 5.70 Å². The number of benzene rings is 1. The van der Waals surface area contributed by atoms with Gasteiger partial charge in [-0.3, -0.25) is 4.99 Å². The summed E-state index contributed by atoms with van der Waals surface area (Å²) in [6.45, 7) is 1.19. The fourth-order valence-electron chi connectivity index (χ4n) is 1.71. The largest absolute Gasteiger partial charge is 0.398 e. The summed E-state index contributed by atoms with van der Waals surface area (Å²) in [4.78, 5) is 12.3. The van der Waals surface area contributed by atoms with Gasteiger partial charge in [0.25, 0.3) is 0 Å². The third kappa shape index (κ3) is 5.09. The van der Waals surface area contributed by atoms with Gasteiger partial charge in [0.2, 0.25) is 5.95 Å². The molecule has 6 nitrogen and oxygen atoms in total. The van der Waals surface area contributed by atoms with E-state index in [1.807, 2.05) is 6.07 Å². The molecule has 7 heteroatoms. The van der Waals surface area contributed by atoms with Crippen molar-refractivity contribution in [3.05, 3.63) is 58.9 Å². The highest BCUT2D eigenvalue weighted by molar-refractivity contribution is 6.31. The molecule has 1 aromatic heterocycles. The van der Waals surface area contributed by atoms with Crippen molar-refractivity contribution in [2.75, 3.05) is 18.4 Å². The number of nitrogens with two attached hydrogens (primary N) is 1. The van der Waals surface area contributed by atoms with Crippen LogP contribution >= 0.6 is 11.6 Å². The van der Waals surface area contributed by atoms with E-state index < -0.39 is 0 Å². The van der Waals surface area contributed by atoms with E-state index in [4.69, 9.17) is 22.6 Å². The monoisotopic (exact) mass is 326 g/mol. The SMILES string of the molecule is N#Cc1ccc(C(N)=CC=NCCNc2ncccn2)cc1Cl. The molecule has 2 rings (SSSR count). The number of allylic oxidation sites excluding steroid dienone is 1. The molecule has 0 fully saturated rings. The minimum absolute atomic E-state index is 0.380. The number of anilines is 1. The van der Waals surface area contributed by atoms with Gasteiger partial charge in [0, 0.05) is 30.9 Å². The number of nitriles is 1. The van der Waals surface area contributed by atoms with E-state index in [0.717, 1.165) is 5.56 Å². The number of aliphatic imine (C=N–C) groups is 1. The number of hydrogen-bond donors (Lipinski definition) is 2. The lowest BCUT2D eigenvalue weighted by atomic mass is 10.1. The predicted molar refractivity (Wildman–Crippen MR) is 92.2 cm³/mol. The Labute approximate surface area is 139 Å². The van der Waals surface area contributed by atoms with E-state index in [0.29, 0.717) is 35.3 Å². The van der Waals surface area contributed by atoms with Crippen LogP contribution in [0, 0.1) is 11.3 Å². The molecule has 116 valence electrons. The van der Waals surface area contributed by atoms with Gasteiger partial charge in [-0.25, -0.2) is 9.97 Å². The van der Waals surface area contributed by atoms with E-state index in [1.165, 1.54) is 0 Å². The second kappa shape index (κ2) is 8.51. The van der Waals surface area contributed by atoms with E-state index >= 15 is 0 Å². The van der Waals surface area contributed by atoms with Crippen molar-refractivity contribution in [3.8, 4) is 6.07 Å². The molecule has 1 aromatic carbocycles. The Kier molecular flexibility index (Phi) is 6.09. The van der Waals surface area contributed by atoms with Gasteiger partial charge in [0.15, 0.2) is 0 Å². The third-order valence-electron chi connectivity index (χ3n) is 2.87. The van der Waals surface area contributed by atoms with Crippen molar-refractivity contribution >= 4 is 29.5 Å². The van der Waals surface area contributed by atoms with Crippen LogP contribution < -0.4 is 11.1 Å². The van der Waals surface area contributed by atoms with Gasteiger partial charge in [-0.2, -0.15) is 5.26 Å². The molecule has 0 saturated heterocycles. The predicted octanol–water partition coefficient (Wildman–Crippen LogP) is 2.48. The van der Waals surface area contributed by atoms with Crippen LogP contribution in [0.3, 0.4) is 0 Å². The minimum atomic E-state index is 0.380. The van der Waals surface area contributed by atoms with E-state index in [-0.39, 0.29) is 0 Å². The number of rotatable bonds is 6. The molecule has 0 amide bonds. The van der Waals surface area contributed by atoms with Gasteiger partial charge in [-0.15, -0.1) is 0 Å². The summed E-state index contributed by atoms with van der Waals surface area (Å²) in [5, 5.41) is 12.3. The fraction of sp³-hybridized carbons (Fsp3) is 0.125. The fourth-order valence-corrected chi connectivity index (χ4v) is 1.93. The van der Waals surface area contributed by atoms with Gasteiger partial charge < -0.3 is 11.1 Å². The van der Waals surface area contributed by atoms with Crippen LogP contribution in [0.4, 0.5) is 5.95 Å². The zero-order valence-corrected chi connectivity index (χ0v) is 13.0. The first-order chi connectivity index (χ1) is 11.2. The molecule has 0 spiro atoms. The van der Waals surface area contributed by atoms with Gasteiger partial charge in [-0.05, 0) is 29.8 Å². The molecule has 0 aliphatic heterocycles. The Bertz CT molecular complexity index is 749. The Balaban J connectivity index is 1.84. The molecule has 0 radical (unpaired) electrons. The molecule has 0 atom stereocenters. The number of aromatic nitrogens is 2. The third-order valence-corrected chi connectivity index (χ3v) is 3.18. The first kappa shape index (κ1) is 16.5. The number of hydrogen-bond acceptors (Lipinski definition) is 6. The van der Waals surface area contributed by atoms with Crippen LogP contribution in [-0.2, 0) is 0 Å².